The van der Waals surface area contributed by atoms with Crippen LogP contribution in [0.15, 0.2) is 23.1 Å². The molecule has 20 heavy (non-hydrogen) atoms. The van der Waals surface area contributed by atoms with E-state index < -0.39 is 0 Å². The maximum atomic E-state index is 12.3. The van der Waals surface area contributed by atoms with Gasteiger partial charge in [0.05, 0.1) is 10.6 Å². The van der Waals surface area contributed by atoms with Gasteiger partial charge >= 0.3 is 0 Å². The molecule has 0 saturated carbocycles. The van der Waals surface area contributed by atoms with Crippen LogP contribution in [0, 0.1) is 5.41 Å². The van der Waals surface area contributed by atoms with Crippen LogP contribution in [0.5, 0.6) is 0 Å². The van der Waals surface area contributed by atoms with E-state index in [4.69, 9.17) is 11.6 Å². The summed E-state index contributed by atoms with van der Waals surface area (Å²) in [4.78, 5) is 13.3. The second-order valence-electron chi connectivity index (χ2n) is 5.59. The van der Waals surface area contributed by atoms with Gasteiger partial charge in [-0.1, -0.05) is 18.5 Å². The first-order valence-corrected chi connectivity index (χ1v) is 8.47. The Balaban J connectivity index is 2.01. The number of hydrogen-bond acceptors (Lipinski definition) is 3. The molecular formula is C15H21ClN2OS. The van der Waals surface area contributed by atoms with Crippen LogP contribution < -0.4 is 10.6 Å². The smallest absolute Gasteiger partial charge is 0.252 e. The first-order valence-electron chi connectivity index (χ1n) is 6.86. The van der Waals surface area contributed by atoms with Crippen LogP contribution in [0.1, 0.15) is 30.1 Å². The molecule has 0 aromatic heterocycles. The summed E-state index contributed by atoms with van der Waals surface area (Å²) >= 11 is 7.73. The number of thioether (sulfide) groups is 1. The fraction of sp³-hybridized carbons (Fsp3) is 0.533. The van der Waals surface area contributed by atoms with E-state index in [-0.39, 0.29) is 11.3 Å². The third-order valence-corrected chi connectivity index (χ3v) is 4.96. The number of halogens is 1. The highest BCUT2D eigenvalue weighted by molar-refractivity contribution is 7.98. The van der Waals surface area contributed by atoms with Crippen molar-refractivity contribution in [1.82, 2.24) is 10.6 Å². The Labute approximate surface area is 129 Å². The van der Waals surface area contributed by atoms with Crippen molar-refractivity contribution in [3.05, 3.63) is 28.8 Å². The number of rotatable bonds is 4. The van der Waals surface area contributed by atoms with Crippen molar-refractivity contribution in [3.8, 4) is 0 Å². The van der Waals surface area contributed by atoms with Gasteiger partial charge in [0.1, 0.15) is 0 Å². The summed E-state index contributed by atoms with van der Waals surface area (Å²) in [6.07, 6.45) is 4.17. The minimum Gasteiger partial charge on any atom is -0.351 e. The third-order valence-electron chi connectivity index (χ3n) is 3.90. The maximum Gasteiger partial charge on any atom is 0.252 e. The SMILES string of the molecule is CSc1ccc(Cl)c(C(=O)NCC2(C)CCNCC2)c1. The minimum absolute atomic E-state index is 0.0781. The molecule has 2 rings (SSSR count). The van der Waals surface area contributed by atoms with Gasteiger partial charge in [-0.3, -0.25) is 4.79 Å². The van der Waals surface area contributed by atoms with Crippen molar-refractivity contribution in [2.45, 2.75) is 24.7 Å². The summed E-state index contributed by atoms with van der Waals surface area (Å²) < 4.78 is 0. The van der Waals surface area contributed by atoms with Crippen molar-refractivity contribution in [2.75, 3.05) is 25.9 Å². The molecule has 1 aliphatic heterocycles. The summed E-state index contributed by atoms with van der Waals surface area (Å²) in [5.41, 5.74) is 0.751. The standard InChI is InChI=1S/C15H21ClN2OS/c1-15(5-7-17-8-6-15)10-18-14(19)12-9-11(20-2)3-4-13(12)16/h3-4,9,17H,5-8,10H2,1-2H3,(H,18,19). The van der Waals surface area contributed by atoms with E-state index in [2.05, 4.69) is 17.6 Å². The molecule has 0 atom stereocenters. The summed E-state index contributed by atoms with van der Waals surface area (Å²) in [6, 6.07) is 5.57. The van der Waals surface area contributed by atoms with E-state index in [1.54, 1.807) is 17.8 Å². The van der Waals surface area contributed by atoms with E-state index >= 15 is 0 Å². The quantitative estimate of drug-likeness (QED) is 0.839. The second-order valence-corrected chi connectivity index (χ2v) is 6.88. The molecule has 0 spiro atoms. The molecule has 110 valence electrons. The molecule has 0 unspecified atom stereocenters. The lowest BCUT2D eigenvalue weighted by Gasteiger charge is -2.34. The highest BCUT2D eigenvalue weighted by atomic mass is 35.5. The molecule has 0 bridgehead atoms. The largest absolute Gasteiger partial charge is 0.351 e. The Bertz CT molecular complexity index is 487. The Hall–Kier alpha value is -0.710. The summed E-state index contributed by atoms with van der Waals surface area (Å²) in [6.45, 7) is 4.98. The lowest BCUT2D eigenvalue weighted by Crippen LogP contribution is -2.42. The molecule has 1 aromatic rings. The number of carbonyl (C=O) groups excluding carboxylic acids is 1. The molecule has 1 heterocycles. The van der Waals surface area contributed by atoms with Crippen LogP contribution in [0.2, 0.25) is 5.02 Å². The Morgan fingerprint density at radius 1 is 1.45 bits per heavy atom. The lowest BCUT2D eigenvalue weighted by molar-refractivity contribution is 0.0922. The zero-order chi connectivity index (χ0) is 14.6. The molecule has 2 N–H and O–H groups in total. The minimum atomic E-state index is -0.0781. The average Bonchev–Trinajstić information content (AvgIpc) is 2.46. The lowest BCUT2D eigenvalue weighted by atomic mass is 9.81. The van der Waals surface area contributed by atoms with Gasteiger partial charge in [0.25, 0.3) is 5.91 Å². The number of hydrogen-bond donors (Lipinski definition) is 2. The molecule has 1 aliphatic rings. The van der Waals surface area contributed by atoms with E-state index in [0.29, 0.717) is 17.1 Å². The molecule has 1 saturated heterocycles. The van der Waals surface area contributed by atoms with Crippen LogP contribution in [0.25, 0.3) is 0 Å². The molecular weight excluding hydrogens is 292 g/mol. The van der Waals surface area contributed by atoms with Gasteiger partial charge < -0.3 is 10.6 Å². The van der Waals surface area contributed by atoms with Gasteiger partial charge in [-0.05, 0) is 55.8 Å². The first kappa shape index (κ1) is 15.7. The number of piperidine rings is 1. The van der Waals surface area contributed by atoms with Crippen LogP contribution in [-0.4, -0.2) is 31.8 Å². The van der Waals surface area contributed by atoms with Crippen LogP contribution >= 0.6 is 23.4 Å². The van der Waals surface area contributed by atoms with Gasteiger partial charge in [0.15, 0.2) is 0 Å². The van der Waals surface area contributed by atoms with Crippen molar-refractivity contribution < 1.29 is 4.79 Å². The van der Waals surface area contributed by atoms with Crippen molar-refractivity contribution >= 4 is 29.3 Å². The fourth-order valence-corrected chi connectivity index (χ4v) is 3.04. The van der Waals surface area contributed by atoms with Crippen molar-refractivity contribution in [2.24, 2.45) is 5.41 Å². The van der Waals surface area contributed by atoms with E-state index in [9.17, 15) is 4.79 Å². The maximum absolute atomic E-state index is 12.3. The summed E-state index contributed by atoms with van der Waals surface area (Å²) in [5.74, 6) is -0.0781. The number of carbonyl (C=O) groups is 1. The van der Waals surface area contributed by atoms with Gasteiger partial charge in [-0.25, -0.2) is 0 Å². The number of amides is 1. The third kappa shape index (κ3) is 3.90. The summed E-state index contributed by atoms with van der Waals surface area (Å²) in [5, 5.41) is 6.90. The van der Waals surface area contributed by atoms with Crippen LogP contribution in [0.4, 0.5) is 0 Å². The molecule has 1 amide bonds. The zero-order valence-corrected chi connectivity index (χ0v) is 13.5. The molecule has 1 aromatic carbocycles. The Kier molecular flexibility index (Phi) is 5.35. The number of benzene rings is 1. The van der Waals surface area contributed by atoms with Crippen LogP contribution in [0.3, 0.4) is 0 Å². The topological polar surface area (TPSA) is 41.1 Å². The average molecular weight is 313 g/mol. The predicted molar refractivity (Wildman–Crippen MR) is 85.8 cm³/mol. The van der Waals surface area contributed by atoms with Gasteiger partial charge in [-0.15, -0.1) is 11.8 Å². The van der Waals surface area contributed by atoms with Gasteiger partial charge in [0.2, 0.25) is 0 Å². The molecule has 5 heteroatoms. The normalized spacial score (nSPS) is 17.8. The molecule has 1 fully saturated rings. The number of nitrogens with one attached hydrogen (secondary N) is 2. The van der Waals surface area contributed by atoms with Crippen molar-refractivity contribution in [1.29, 1.82) is 0 Å². The van der Waals surface area contributed by atoms with Gasteiger partial charge in [-0.2, -0.15) is 0 Å². The van der Waals surface area contributed by atoms with Gasteiger partial charge in [0, 0.05) is 11.4 Å². The Morgan fingerprint density at radius 3 is 2.80 bits per heavy atom. The highest BCUT2D eigenvalue weighted by Gasteiger charge is 2.27. The van der Waals surface area contributed by atoms with Crippen molar-refractivity contribution in [3.63, 3.8) is 0 Å². The molecule has 0 aliphatic carbocycles. The van der Waals surface area contributed by atoms with E-state index in [1.165, 1.54) is 0 Å². The highest BCUT2D eigenvalue weighted by Crippen LogP contribution is 2.27. The van der Waals surface area contributed by atoms with E-state index in [1.807, 2.05) is 18.4 Å². The fourth-order valence-electron chi connectivity index (χ4n) is 2.40. The molecule has 3 nitrogen and oxygen atoms in total. The Morgan fingerprint density at radius 2 is 2.15 bits per heavy atom. The van der Waals surface area contributed by atoms with Crippen LogP contribution in [-0.2, 0) is 0 Å². The first-order chi connectivity index (χ1) is 9.54. The van der Waals surface area contributed by atoms with E-state index in [0.717, 1.165) is 30.8 Å². The predicted octanol–water partition coefficient (Wildman–Crippen LogP) is 3.18. The summed E-state index contributed by atoms with van der Waals surface area (Å²) in [7, 11) is 0. The monoisotopic (exact) mass is 312 g/mol. The molecule has 0 radical (unpaired) electrons. The zero-order valence-electron chi connectivity index (χ0n) is 12.0. The second kappa shape index (κ2) is 6.83.